The van der Waals surface area contributed by atoms with Gasteiger partial charge in [-0.2, -0.15) is 0 Å². The Hall–Kier alpha value is -1.88. The summed E-state index contributed by atoms with van der Waals surface area (Å²) in [7, 11) is 0. The molecule has 1 aromatic rings. The van der Waals surface area contributed by atoms with Crippen molar-refractivity contribution in [1.82, 2.24) is 0 Å². The van der Waals surface area contributed by atoms with Crippen LogP contribution in [0, 0.1) is 11.8 Å². The lowest BCUT2D eigenvalue weighted by atomic mass is 9.82. The maximum atomic E-state index is 13.5. The molecule has 5 nitrogen and oxygen atoms in total. The minimum Gasteiger partial charge on any atom is -0.465 e. The first-order chi connectivity index (χ1) is 14.0. The van der Waals surface area contributed by atoms with Crippen molar-refractivity contribution in [2.24, 2.45) is 16.8 Å². The SMILES string of the molecule is CCOC(=O)CN1C(=O)C([C@@H](C)CC)N=C(C2CCCCC2)c2cc(Cl)ccc21. The number of hydrogen-bond acceptors (Lipinski definition) is 4. The van der Waals surface area contributed by atoms with Gasteiger partial charge in [-0.3, -0.25) is 19.5 Å². The van der Waals surface area contributed by atoms with Gasteiger partial charge in [0.25, 0.3) is 5.91 Å². The van der Waals surface area contributed by atoms with Gasteiger partial charge < -0.3 is 4.74 Å². The zero-order valence-corrected chi connectivity index (χ0v) is 18.4. The van der Waals surface area contributed by atoms with Crippen LogP contribution in [0.15, 0.2) is 23.2 Å². The number of ether oxygens (including phenoxy) is 1. The van der Waals surface area contributed by atoms with Crippen LogP contribution in [0.3, 0.4) is 0 Å². The quantitative estimate of drug-likeness (QED) is 0.608. The number of esters is 1. The monoisotopic (exact) mass is 418 g/mol. The van der Waals surface area contributed by atoms with Crippen LogP contribution in [-0.4, -0.2) is 36.8 Å². The molecule has 1 saturated carbocycles. The molecular formula is C23H31ClN2O3. The molecule has 0 radical (unpaired) electrons. The Kier molecular flexibility index (Phi) is 7.33. The Bertz CT molecular complexity index is 786. The molecular weight excluding hydrogens is 388 g/mol. The number of carbonyl (C=O) groups excluding carboxylic acids is 2. The molecule has 0 bridgehead atoms. The second-order valence-electron chi connectivity index (χ2n) is 8.07. The van der Waals surface area contributed by atoms with Crippen LogP contribution in [0.4, 0.5) is 5.69 Å². The Labute approximate surface area is 178 Å². The molecule has 6 heteroatoms. The van der Waals surface area contributed by atoms with Crippen molar-refractivity contribution >= 4 is 34.9 Å². The van der Waals surface area contributed by atoms with E-state index in [1.54, 1.807) is 17.9 Å². The van der Waals surface area contributed by atoms with Crippen molar-refractivity contribution < 1.29 is 14.3 Å². The summed E-state index contributed by atoms with van der Waals surface area (Å²) >= 11 is 6.35. The van der Waals surface area contributed by atoms with Gasteiger partial charge in [0, 0.05) is 22.2 Å². The number of benzene rings is 1. The van der Waals surface area contributed by atoms with E-state index >= 15 is 0 Å². The fourth-order valence-electron chi connectivity index (χ4n) is 4.30. The number of amides is 1. The fraction of sp³-hybridized carbons (Fsp3) is 0.609. The summed E-state index contributed by atoms with van der Waals surface area (Å²) in [5.74, 6) is -0.147. The zero-order valence-electron chi connectivity index (χ0n) is 17.6. The number of fused-ring (bicyclic) bond motifs is 1. The predicted octanol–water partition coefficient (Wildman–Crippen LogP) is 5.03. The van der Waals surface area contributed by atoms with E-state index in [-0.39, 0.29) is 25.0 Å². The number of carbonyl (C=O) groups is 2. The van der Waals surface area contributed by atoms with Crippen molar-refractivity contribution in [1.29, 1.82) is 0 Å². The highest BCUT2D eigenvalue weighted by atomic mass is 35.5. The van der Waals surface area contributed by atoms with Crippen LogP contribution < -0.4 is 4.90 Å². The number of rotatable bonds is 6. The lowest BCUT2D eigenvalue weighted by Crippen LogP contribution is -2.43. The summed E-state index contributed by atoms with van der Waals surface area (Å²) in [6.07, 6.45) is 6.58. The highest BCUT2D eigenvalue weighted by Gasteiger charge is 2.37. The second kappa shape index (κ2) is 9.75. The third kappa shape index (κ3) is 4.82. The van der Waals surface area contributed by atoms with E-state index in [0.717, 1.165) is 30.5 Å². The molecule has 29 heavy (non-hydrogen) atoms. The minimum absolute atomic E-state index is 0.0792. The van der Waals surface area contributed by atoms with E-state index in [1.807, 2.05) is 12.1 Å². The van der Waals surface area contributed by atoms with Crippen LogP contribution in [0.25, 0.3) is 0 Å². The average molecular weight is 419 g/mol. The third-order valence-electron chi connectivity index (χ3n) is 6.09. The standard InChI is InChI=1S/C23H31ClN2O3/c1-4-15(3)21-23(28)26(14-20(27)29-5-2)19-12-11-17(24)13-18(19)22(25-21)16-9-7-6-8-10-16/h11-13,15-16,21H,4-10,14H2,1-3H3/t15-,21?/m0/s1. The lowest BCUT2D eigenvalue weighted by molar-refractivity contribution is -0.142. The molecule has 1 fully saturated rings. The van der Waals surface area contributed by atoms with Crippen LogP contribution in [0.2, 0.25) is 5.02 Å². The van der Waals surface area contributed by atoms with Crippen molar-refractivity contribution in [3.05, 3.63) is 28.8 Å². The molecule has 0 N–H and O–H groups in total. The van der Waals surface area contributed by atoms with Crippen molar-refractivity contribution in [3.8, 4) is 0 Å². The molecule has 2 atom stereocenters. The fourth-order valence-corrected chi connectivity index (χ4v) is 4.47. The molecule has 2 aliphatic rings. The summed E-state index contributed by atoms with van der Waals surface area (Å²) in [5, 5.41) is 0.609. The molecule has 0 spiro atoms. The van der Waals surface area contributed by atoms with Crippen LogP contribution in [0.5, 0.6) is 0 Å². The van der Waals surface area contributed by atoms with Gasteiger partial charge in [0.15, 0.2) is 0 Å². The maximum Gasteiger partial charge on any atom is 0.326 e. The molecule has 3 rings (SSSR count). The van der Waals surface area contributed by atoms with Crippen LogP contribution in [-0.2, 0) is 14.3 Å². The molecule has 0 aromatic heterocycles. The lowest BCUT2D eigenvalue weighted by Gasteiger charge is -2.26. The van der Waals surface area contributed by atoms with Crippen LogP contribution in [0.1, 0.15) is 64.9 Å². The van der Waals surface area contributed by atoms with E-state index < -0.39 is 12.0 Å². The highest BCUT2D eigenvalue weighted by Crippen LogP contribution is 2.36. The molecule has 1 aromatic carbocycles. The molecule has 1 aliphatic carbocycles. The zero-order chi connectivity index (χ0) is 21.0. The molecule has 0 saturated heterocycles. The average Bonchev–Trinajstić information content (AvgIpc) is 2.83. The van der Waals surface area contributed by atoms with Gasteiger partial charge in [-0.15, -0.1) is 0 Å². The molecule has 1 heterocycles. The summed E-state index contributed by atoms with van der Waals surface area (Å²) < 4.78 is 5.14. The normalized spacial score (nSPS) is 21.2. The van der Waals surface area contributed by atoms with Gasteiger partial charge in [-0.1, -0.05) is 51.1 Å². The van der Waals surface area contributed by atoms with Gasteiger partial charge in [0.05, 0.1) is 12.3 Å². The molecule has 1 amide bonds. The Morgan fingerprint density at radius 1 is 1.28 bits per heavy atom. The largest absolute Gasteiger partial charge is 0.465 e. The van der Waals surface area contributed by atoms with Gasteiger partial charge in [-0.25, -0.2) is 0 Å². The van der Waals surface area contributed by atoms with E-state index in [9.17, 15) is 9.59 Å². The minimum atomic E-state index is -0.502. The first-order valence-electron chi connectivity index (χ1n) is 10.8. The first-order valence-corrected chi connectivity index (χ1v) is 11.2. The van der Waals surface area contributed by atoms with E-state index in [2.05, 4.69) is 13.8 Å². The Balaban J connectivity index is 2.12. The van der Waals surface area contributed by atoms with Gasteiger partial charge in [-0.05, 0) is 43.9 Å². The second-order valence-corrected chi connectivity index (χ2v) is 8.51. The van der Waals surface area contributed by atoms with Crippen molar-refractivity contribution in [3.63, 3.8) is 0 Å². The molecule has 1 unspecified atom stereocenters. The van der Waals surface area contributed by atoms with E-state index in [1.165, 1.54) is 19.3 Å². The number of aliphatic imine (C=N–C) groups is 1. The van der Waals surface area contributed by atoms with Crippen molar-refractivity contribution in [2.45, 2.75) is 65.3 Å². The predicted molar refractivity (Wildman–Crippen MR) is 117 cm³/mol. The van der Waals surface area contributed by atoms with Crippen LogP contribution >= 0.6 is 11.6 Å². The van der Waals surface area contributed by atoms with Gasteiger partial charge in [0.1, 0.15) is 12.6 Å². The summed E-state index contributed by atoms with van der Waals surface area (Å²) in [6.45, 7) is 6.06. The summed E-state index contributed by atoms with van der Waals surface area (Å²) in [4.78, 5) is 32.4. The molecule has 158 valence electrons. The first kappa shape index (κ1) is 21.8. The molecule has 1 aliphatic heterocycles. The van der Waals surface area contributed by atoms with Crippen molar-refractivity contribution in [2.75, 3.05) is 18.1 Å². The van der Waals surface area contributed by atoms with Gasteiger partial charge in [0.2, 0.25) is 0 Å². The third-order valence-corrected chi connectivity index (χ3v) is 6.33. The number of nitrogens with zero attached hydrogens (tertiary/aromatic N) is 2. The number of halogens is 1. The number of hydrogen-bond donors (Lipinski definition) is 0. The summed E-state index contributed by atoms with van der Waals surface area (Å²) in [5.41, 5.74) is 2.57. The number of anilines is 1. The Morgan fingerprint density at radius 2 is 2.00 bits per heavy atom. The summed E-state index contributed by atoms with van der Waals surface area (Å²) in [6, 6.07) is 5.01. The van der Waals surface area contributed by atoms with E-state index in [4.69, 9.17) is 21.3 Å². The highest BCUT2D eigenvalue weighted by molar-refractivity contribution is 6.31. The van der Waals surface area contributed by atoms with E-state index in [0.29, 0.717) is 16.6 Å². The Morgan fingerprint density at radius 3 is 2.66 bits per heavy atom. The van der Waals surface area contributed by atoms with Gasteiger partial charge >= 0.3 is 5.97 Å². The maximum absolute atomic E-state index is 13.5. The topological polar surface area (TPSA) is 59.0 Å². The number of benzodiazepines with no additional fused rings is 1. The smallest absolute Gasteiger partial charge is 0.326 e.